The molecule has 5 heteroatoms. The van der Waals surface area contributed by atoms with Gasteiger partial charge in [0, 0.05) is 42.5 Å². The Morgan fingerprint density at radius 2 is 1.62 bits per heavy atom. The van der Waals surface area contributed by atoms with Crippen LogP contribution in [0.5, 0.6) is 0 Å². The maximum absolute atomic E-state index is 6.00. The first-order valence-corrected chi connectivity index (χ1v) is 8.65. The van der Waals surface area contributed by atoms with E-state index in [0.29, 0.717) is 5.82 Å². The van der Waals surface area contributed by atoms with E-state index in [1.165, 1.54) is 0 Å². The van der Waals surface area contributed by atoms with Crippen molar-refractivity contribution < 1.29 is 0 Å². The highest BCUT2D eigenvalue weighted by atomic mass is 35.5. The van der Waals surface area contributed by atoms with Crippen LogP contribution in [0.4, 0.5) is 5.82 Å². The summed E-state index contributed by atoms with van der Waals surface area (Å²) < 4.78 is 0. The molecule has 0 aliphatic carbocycles. The normalized spacial score (nSPS) is 10.9. The molecule has 0 aliphatic heterocycles. The van der Waals surface area contributed by atoms with E-state index < -0.39 is 0 Å². The molecule has 2 aromatic heterocycles. The number of fused-ring (bicyclic) bond motifs is 1. The Hall–Kier alpha value is -2.98. The van der Waals surface area contributed by atoms with Gasteiger partial charge in [0.25, 0.3) is 0 Å². The Kier molecular flexibility index (Phi) is 4.27. The molecule has 0 amide bonds. The van der Waals surface area contributed by atoms with Gasteiger partial charge < -0.3 is 4.90 Å². The second-order valence-corrected chi connectivity index (χ2v) is 6.68. The van der Waals surface area contributed by atoms with Crippen molar-refractivity contribution in [2.45, 2.75) is 0 Å². The van der Waals surface area contributed by atoms with Crippen molar-refractivity contribution >= 4 is 28.3 Å². The van der Waals surface area contributed by atoms with Gasteiger partial charge in [0.1, 0.15) is 5.82 Å². The zero-order valence-corrected chi connectivity index (χ0v) is 15.3. The average molecular weight is 361 g/mol. The zero-order valence-electron chi connectivity index (χ0n) is 14.5. The Morgan fingerprint density at radius 3 is 2.31 bits per heavy atom. The lowest BCUT2D eigenvalue weighted by Crippen LogP contribution is -2.12. The van der Waals surface area contributed by atoms with Crippen LogP contribution in [-0.4, -0.2) is 29.0 Å². The summed E-state index contributed by atoms with van der Waals surface area (Å²) in [5.41, 5.74) is 4.02. The first kappa shape index (κ1) is 16.5. The Balaban J connectivity index is 1.90. The fourth-order valence-corrected chi connectivity index (χ4v) is 3.03. The second kappa shape index (κ2) is 6.73. The third-order valence-electron chi connectivity index (χ3n) is 4.20. The molecule has 4 rings (SSSR count). The summed E-state index contributed by atoms with van der Waals surface area (Å²) in [6, 6.07) is 17.9. The Morgan fingerprint density at radius 1 is 0.846 bits per heavy atom. The molecule has 2 aromatic carbocycles. The molecule has 0 unspecified atom stereocenters. The maximum Gasteiger partial charge on any atom is 0.163 e. The van der Waals surface area contributed by atoms with Gasteiger partial charge in [0.15, 0.2) is 5.82 Å². The molecule has 4 nitrogen and oxygen atoms in total. The van der Waals surface area contributed by atoms with Gasteiger partial charge in [-0.15, -0.1) is 0 Å². The number of benzene rings is 2. The van der Waals surface area contributed by atoms with Crippen molar-refractivity contribution in [3.8, 4) is 22.5 Å². The van der Waals surface area contributed by atoms with Gasteiger partial charge in [0.05, 0.1) is 5.52 Å². The van der Waals surface area contributed by atoms with E-state index >= 15 is 0 Å². The molecule has 0 fully saturated rings. The minimum Gasteiger partial charge on any atom is -0.362 e. The van der Waals surface area contributed by atoms with Gasteiger partial charge in [-0.25, -0.2) is 9.97 Å². The summed E-state index contributed by atoms with van der Waals surface area (Å²) in [5, 5.41) is 1.74. The van der Waals surface area contributed by atoms with E-state index in [4.69, 9.17) is 21.6 Å². The van der Waals surface area contributed by atoms with E-state index in [2.05, 4.69) is 17.1 Å². The number of halogens is 1. The molecule has 2 heterocycles. The lowest BCUT2D eigenvalue weighted by Gasteiger charge is -2.16. The molecule has 0 atom stereocenters. The van der Waals surface area contributed by atoms with Crippen molar-refractivity contribution in [3.63, 3.8) is 0 Å². The Bertz CT molecular complexity index is 1060. The standard InChI is InChI=1S/C21H17ClN4/c1-26(2)21-18-12-15(14-5-8-17(22)9-6-14)7-10-19(18)24-20(25-21)16-4-3-11-23-13-16/h3-13H,1-2H3. The van der Waals surface area contributed by atoms with Crippen LogP contribution >= 0.6 is 11.6 Å². The van der Waals surface area contributed by atoms with Gasteiger partial charge in [0.2, 0.25) is 0 Å². The first-order valence-electron chi connectivity index (χ1n) is 8.27. The monoisotopic (exact) mass is 360 g/mol. The molecule has 0 bridgehead atoms. The number of hydrogen-bond acceptors (Lipinski definition) is 4. The zero-order chi connectivity index (χ0) is 18.1. The number of aromatic nitrogens is 3. The van der Waals surface area contributed by atoms with Crippen LogP contribution in [0, 0.1) is 0 Å². The molecule has 0 saturated heterocycles. The number of anilines is 1. The van der Waals surface area contributed by atoms with E-state index in [-0.39, 0.29) is 0 Å². The molecule has 0 radical (unpaired) electrons. The van der Waals surface area contributed by atoms with Gasteiger partial charge in [-0.2, -0.15) is 0 Å². The molecular weight excluding hydrogens is 344 g/mol. The summed E-state index contributed by atoms with van der Waals surface area (Å²) in [6.45, 7) is 0. The number of rotatable bonds is 3. The Labute approximate surface area is 157 Å². The molecule has 4 aromatic rings. The molecule has 0 spiro atoms. The number of nitrogens with zero attached hydrogens (tertiary/aromatic N) is 4. The van der Waals surface area contributed by atoms with Gasteiger partial charge in [-0.3, -0.25) is 4.98 Å². The van der Waals surface area contributed by atoms with E-state index in [9.17, 15) is 0 Å². The molecule has 128 valence electrons. The van der Waals surface area contributed by atoms with Crippen molar-refractivity contribution in [2.75, 3.05) is 19.0 Å². The SMILES string of the molecule is CN(C)c1nc(-c2cccnc2)nc2ccc(-c3ccc(Cl)cc3)cc12. The number of pyridine rings is 1. The fourth-order valence-electron chi connectivity index (χ4n) is 2.90. The second-order valence-electron chi connectivity index (χ2n) is 6.25. The summed E-state index contributed by atoms with van der Waals surface area (Å²) in [4.78, 5) is 15.7. The van der Waals surface area contributed by atoms with E-state index in [0.717, 1.165) is 38.4 Å². The van der Waals surface area contributed by atoms with Crippen molar-refractivity contribution in [1.29, 1.82) is 0 Å². The van der Waals surface area contributed by atoms with Crippen LogP contribution in [0.1, 0.15) is 0 Å². The summed E-state index contributed by atoms with van der Waals surface area (Å²) in [6.07, 6.45) is 3.53. The molecule has 0 N–H and O–H groups in total. The first-order chi connectivity index (χ1) is 12.6. The van der Waals surface area contributed by atoms with Crippen molar-refractivity contribution in [1.82, 2.24) is 15.0 Å². The van der Waals surface area contributed by atoms with Gasteiger partial charge in [-0.1, -0.05) is 29.8 Å². The van der Waals surface area contributed by atoms with Crippen LogP contribution < -0.4 is 4.90 Å². The van der Waals surface area contributed by atoms with Crippen LogP contribution in [0.3, 0.4) is 0 Å². The van der Waals surface area contributed by atoms with Crippen LogP contribution in [0.2, 0.25) is 5.02 Å². The van der Waals surface area contributed by atoms with E-state index in [1.54, 1.807) is 12.4 Å². The fraction of sp³-hybridized carbons (Fsp3) is 0.0952. The van der Waals surface area contributed by atoms with E-state index in [1.807, 2.05) is 61.5 Å². The van der Waals surface area contributed by atoms with Crippen molar-refractivity contribution in [3.05, 3.63) is 72.0 Å². The lowest BCUT2D eigenvalue weighted by molar-refractivity contribution is 1.06. The highest BCUT2D eigenvalue weighted by Gasteiger charge is 2.12. The predicted octanol–water partition coefficient (Wildman–Crippen LogP) is 5.08. The topological polar surface area (TPSA) is 41.9 Å². The highest BCUT2D eigenvalue weighted by molar-refractivity contribution is 6.30. The smallest absolute Gasteiger partial charge is 0.163 e. The quantitative estimate of drug-likeness (QED) is 0.511. The number of hydrogen-bond donors (Lipinski definition) is 0. The van der Waals surface area contributed by atoms with Crippen LogP contribution in [0.15, 0.2) is 67.0 Å². The van der Waals surface area contributed by atoms with Crippen molar-refractivity contribution in [2.24, 2.45) is 0 Å². The molecule has 0 saturated carbocycles. The highest BCUT2D eigenvalue weighted by Crippen LogP contribution is 2.31. The minimum absolute atomic E-state index is 0.675. The maximum atomic E-state index is 6.00. The third-order valence-corrected chi connectivity index (χ3v) is 4.45. The molecular formula is C21H17ClN4. The summed E-state index contributed by atoms with van der Waals surface area (Å²) in [7, 11) is 3.98. The molecule has 0 aliphatic rings. The van der Waals surface area contributed by atoms with Gasteiger partial charge in [-0.05, 0) is 47.5 Å². The van der Waals surface area contributed by atoms with Crippen LogP contribution in [-0.2, 0) is 0 Å². The average Bonchev–Trinajstić information content (AvgIpc) is 2.68. The summed E-state index contributed by atoms with van der Waals surface area (Å²) in [5.74, 6) is 1.55. The molecule has 26 heavy (non-hydrogen) atoms. The summed E-state index contributed by atoms with van der Waals surface area (Å²) >= 11 is 6.00. The lowest BCUT2D eigenvalue weighted by atomic mass is 10.0. The largest absolute Gasteiger partial charge is 0.362 e. The third kappa shape index (κ3) is 3.11. The van der Waals surface area contributed by atoms with Crippen LogP contribution in [0.25, 0.3) is 33.4 Å². The minimum atomic E-state index is 0.675. The van der Waals surface area contributed by atoms with Gasteiger partial charge >= 0.3 is 0 Å². The predicted molar refractivity (Wildman–Crippen MR) is 108 cm³/mol.